The number of anilines is 1. The third-order valence-corrected chi connectivity index (χ3v) is 5.16. The molecule has 1 N–H and O–H groups in total. The van der Waals surface area contributed by atoms with Crippen LogP contribution in [0.2, 0.25) is 0 Å². The van der Waals surface area contributed by atoms with Gasteiger partial charge in [-0.1, -0.05) is 48.5 Å². The summed E-state index contributed by atoms with van der Waals surface area (Å²) in [7, 11) is 0. The van der Waals surface area contributed by atoms with Crippen LogP contribution in [0.1, 0.15) is 18.1 Å². The zero-order valence-electron chi connectivity index (χ0n) is 15.1. The third kappa shape index (κ3) is 3.18. The molecule has 0 unspecified atom stereocenters. The number of benzene rings is 2. The summed E-state index contributed by atoms with van der Waals surface area (Å²) in [6.07, 6.45) is 1.19. The number of rotatable bonds is 4. The number of para-hydroxylation sites is 1. The average molecular weight is 363 g/mol. The molecule has 1 saturated heterocycles. The summed E-state index contributed by atoms with van der Waals surface area (Å²) >= 11 is 0. The van der Waals surface area contributed by atoms with Crippen molar-refractivity contribution in [2.75, 3.05) is 11.4 Å². The maximum Gasteiger partial charge on any atom is 0.325 e. The molecule has 0 radical (unpaired) electrons. The minimum absolute atomic E-state index is 0.00998. The lowest BCUT2D eigenvalue weighted by Gasteiger charge is -2.24. The number of urea groups is 1. The van der Waals surface area contributed by atoms with Crippen LogP contribution >= 0.6 is 0 Å². The Hall–Kier alpha value is -3.15. The van der Waals surface area contributed by atoms with Crippen LogP contribution in [0.15, 0.2) is 54.6 Å². The number of nitrogens with one attached hydrogen (secondary N) is 1. The van der Waals surface area contributed by atoms with Gasteiger partial charge in [0.15, 0.2) is 0 Å². The molecule has 0 aliphatic carbocycles. The number of carbonyl (C=O) groups excluding carboxylic acids is 3. The maximum atomic E-state index is 12.9. The third-order valence-electron chi connectivity index (χ3n) is 5.16. The van der Waals surface area contributed by atoms with Crippen molar-refractivity contribution in [1.82, 2.24) is 10.2 Å². The first kappa shape index (κ1) is 17.3. The van der Waals surface area contributed by atoms with E-state index in [9.17, 15) is 14.4 Å². The minimum Gasteiger partial charge on any atom is -0.325 e. The Balaban J connectivity index is 1.47. The molecule has 4 rings (SSSR count). The van der Waals surface area contributed by atoms with Gasteiger partial charge in [0.25, 0.3) is 5.91 Å². The normalized spacial score (nSPS) is 21.4. The van der Waals surface area contributed by atoms with E-state index in [-0.39, 0.29) is 24.4 Å². The lowest BCUT2D eigenvalue weighted by molar-refractivity contribution is -0.131. The number of imide groups is 1. The van der Waals surface area contributed by atoms with E-state index < -0.39 is 12.1 Å². The lowest BCUT2D eigenvalue weighted by atomic mass is 10.1. The van der Waals surface area contributed by atoms with Gasteiger partial charge < -0.3 is 10.2 Å². The van der Waals surface area contributed by atoms with Crippen LogP contribution in [0.25, 0.3) is 0 Å². The van der Waals surface area contributed by atoms with Crippen LogP contribution in [-0.4, -0.2) is 41.4 Å². The van der Waals surface area contributed by atoms with E-state index >= 15 is 0 Å². The number of fused-ring (bicyclic) bond motifs is 1. The lowest BCUT2D eigenvalue weighted by Crippen LogP contribution is -2.45. The fourth-order valence-electron chi connectivity index (χ4n) is 3.87. The molecule has 2 atom stereocenters. The molecule has 2 aromatic carbocycles. The SMILES string of the molecule is C[C@@H]1Cc2ccccc2N1C(=O)CN1C(=O)N[C@@H](Cc2ccccc2)C1=O. The van der Waals surface area contributed by atoms with E-state index in [1.54, 1.807) is 4.90 Å². The molecule has 4 amide bonds. The van der Waals surface area contributed by atoms with Gasteiger partial charge in [0, 0.05) is 18.2 Å². The molecule has 2 aliphatic rings. The van der Waals surface area contributed by atoms with Gasteiger partial charge in [0.05, 0.1) is 0 Å². The van der Waals surface area contributed by atoms with Crippen LogP contribution in [0.5, 0.6) is 0 Å². The minimum atomic E-state index is -0.629. The Morgan fingerprint density at radius 3 is 2.56 bits per heavy atom. The Morgan fingerprint density at radius 2 is 1.78 bits per heavy atom. The molecule has 2 aromatic rings. The predicted molar refractivity (Wildman–Crippen MR) is 101 cm³/mol. The molecule has 0 aromatic heterocycles. The van der Waals surface area contributed by atoms with Crippen LogP contribution in [0.3, 0.4) is 0 Å². The van der Waals surface area contributed by atoms with Crippen molar-refractivity contribution in [3.8, 4) is 0 Å². The van der Waals surface area contributed by atoms with Crippen LogP contribution < -0.4 is 10.2 Å². The highest BCUT2D eigenvalue weighted by atomic mass is 16.2. The quantitative estimate of drug-likeness (QED) is 0.846. The Bertz CT molecular complexity index is 897. The second kappa shape index (κ2) is 6.87. The molecule has 2 heterocycles. The van der Waals surface area contributed by atoms with Gasteiger partial charge in [-0.05, 0) is 30.5 Å². The van der Waals surface area contributed by atoms with E-state index in [0.717, 1.165) is 28.1 Å². The van der Waals surface area contributed by atoms with Gasteiger partial charge in [0.1, 0.15) is 12.6 Å². The monoisotopic (exact) mass is 363 g/mol. The van der Waals surface area contributed by atoms with Crippen molar-refractivity contribution in [3.05, 3.63) is 65.7 Å². The second-order valence-electron chi connectivity index (χ2n) is 7.06. The molecule has 6 nitrogen and oxygen atoms in total. The first-order valence-corrected chi connectivity index (χ1v) is 9.10. The van der Waals surface area contributed by atoms with Crippen molar-refractivity contribution >= 4 is 23.5 Å². The zero-order chi connectivity index (χ0) is 19.0. The summed E-state index contributed by atoms with van der Waals surface area (Å²) in [5, 5.41) is 2.70. The van der Waals surface area contributed by atoms with Crippen LogP contribution in [0.4, 0.5) is 10.5 Å². The Labute approximate surface area is 157 Å². The van der Waals surface area contributed by atoms with Gasteiger partial charge in [-0.25, -0.2) is 4.79 Å². The largest absolute Gasteiger partial charge is 0.325 e. The molecule has 1 fully saturated rings. The Kier molecular flexibility index (Phi) is 4.39. The summed E-state index contributed by atoms with van der Waals surface area (Å²) in [6, 6.07) is 16.1. The van der Waals surface area contributed by atoms with Crippen molar-refractivity contribution in [2.24, 2.45) is 0 Å². The number of carbonyl (C=O) groups is 3. The highest BCUT2D eigenvalue weighted by Gasteiger charge is 2.41. The molecule has 0 spiro atoms. The van der Waals surface area contributed by atoms with Gasteiger partial charge >= 0.3 is 6.03 Å². The summed E-state index contributed by atoms with van der Waals surface area (Å²) in [5.41, 5.74) is 2.94. The molecular weight excluding hydrogens is 342 g/mol. The summed E-state index contributed by atoms with van der Waals surface area (Å²) in [6.45, 7) is 1.73. The molecule has 27 heavy (non-hydrogen) atoms. The smallest absolute Gasteiger partial charge is 0.325 e. The van der Waals surface area contributed by atoms with Gasteiger partial charge in [-0.3, -0.25) is 14.5 Å². The molecular formula is C21H21N3O3. The van der Waals surface area contributed by atoms with E-state index in [1.807, 2.05) is 61.5 Å². The van der Waals surface area contributed by atoms with Crippen molar-refractivity contribution in [3.63, 3.8) is 0 Å². The molecule has 2 aliphatic heterocycles. The fourth-order valence-corrected chi connectivity index (χ4v) is 3.87. The summed E-state index contributed by atoms with van der Waals surface area (Å²) in [4.78, 5) is 40.6. The molecule has 6 heteroatoms. The summed E-state index contributed by atoms with van der Waals surface area (Å²) < 4.78 is 0. The van der Waals surface area contributed by atoms with E-state index in [2.05, 4.69) is 5.32 Å². The fraction of sp³-hybridized carbons (Fsp3) is 0.286. The van der Waals surface area contributed by atoms with Crippen molar-refractivity contribution in [1.29, 1.82) is 0 Å². The second-order valence-corrected chi connectivity index (χ2v) is 7.06. The highest BCUT2D eigenvalue weighted by Crippen LogP contribution is 2.32. The first-order chi connectivity index (χ1) is 13.0. The average Bonchev–Trinajstić information content (AvgIpc) is 3.13. The van der Waals surface area contributed by atoms with E-state index in [1.165, 1.54) is 0 Å². The van der Waals surface area contributed by atoms with Crippen molar-refractivity contribution < 1.29 is 14.4 Å². The Morgan fingerprint density at radius 1 is 1.07 bits per heavy atom. The highest BCUT2D eigenvalue weighted by molar-refractivity contribution is 6.08. The zero-order valence-corrected chi connectivity index (χ0v) is 15.1. The number of hydrogen-bond donors (Lipinski definition) is 1. The topological polar surface area (TPSA) is 69.7 Å². The molecule has 0 bridgehead atoms. The van der Waals surface area contributed by atoms with Gasteiger partial charge in [-0.15, -0.1) is 0 Å². The van der Waals surface area contributed by atoms with Gasteiger partial charge in [-0.2, -0.15) is 0 Å². The molecule has 0 saturated carbocycles. The van der Waals surface area contributed by atoms with Crippen molar-refractivity contribution in [2.45, 2.75) is 31.8 Å². The number of nitrogens with zero attached hydrogens (tertiary/aromatic N) is 2. The summed E-state index contributed by atoms with van der Waals surface area (Å²) in [5.74, 6) is -0.589. The number of amides is 4. The predicted octanol–water partition coefficient (Wildman–Crippen LogP) is 2.13. The van der Waals surface area contributed by atoms with Gasteiger partial charge in [0.2, 0.25) is 5.91 Å². The van der Waals surface area contributed by atoms with E-state index in [0.29, 0.717) is 6.42 Å². The standard InChI is InChI=1S/C21H21N3O3/c1-14-11-16-9-5-6-10-18(16)24(14)19(25)13-23-20(26)17(22-21(23)27)12-15-7-3-2-4-8-15/h2-10,14,17H,11-13H2,1H3,(H,22,27)/t14-,17+/m1/s1. The van der Waals surface area contributed by atoms with E-state index in [4.69, 9.17) is 0 Å². The van der Waals surface area contributed by atoms with Crippen LogP contribution in [0, 0.1) is 0 Å². The first-order valence-electron chi connectivity index (χ1n) is 9.10. The van der Waals surface area contributed by atoms with Crippen LogP contribution in [-0.2, 0) is 22.4 Å². The molecule has 138 valence electrons. The maximum absolute atomic E-state index is 12.9. The number of hydrogen-bond acceptors (Lipinski definition) is 3.